The Kier molecular flexibility index (Phi) is 4.14. The van der Waals surface area contributed by atoms with E-state index in [-0.39, 0.29) is 11.6 Å². The molecule has 0 fully saturated rings. The minimum absolute atomic E-state index is 0.0618. The Morgan fingerprint density at radius 1 is 1.42 bits per heavy atom. The fourth-order valence-electron chi connectivity index (χ4n) is 1.93. The van der Waals surface area contributed by atoms with Gasteiger partial charge in [0.05, 0.1) is 29.9 Å². The predicted molar refractivity (Wildman–Crippen MR) is 82.7 cm³/mol. The lowest BCUT2D eigenvalue weighted by atomic mass is 10.1. The molecule has 3 aromatic rings. The van der Waals surface area contributed by atoms with Crippen molar-refractivity contribution in [3.8, 4) is 17.1 Å². The number of hydrogen-bond donors (Lipinski definition) is 2. The lowest BCUT2D eigenvalue weighted by Crippen LogP contribution is -1.92. The second-order valence-electron chi connectivity index (χ2n) is 4.45. The highest BCUT2D eigenvalue weighted by molar-refractivity contribution is 5.78. The zero-order valence-electron chi connectivity index (χ0n) is 12.3. The van der Waals surface area contributed by atoms with Gasteiger partial charge in [-0.2, -0.15) is 10.3 Å². The van der Waals surface area contributed by atoms with Crippen LogP contribution in [0.2, 0.25) is 0 Å². The Morgan fingerprint density at radius 2 is 2.29 bits per heavy atom. The normalized spacial score (nSPS) is 10.9. The van der Waals surface area contributed by atoms with Gasteiger partial charge in [-0.1, -0.05) is 5.10 Å². The Labute approximate surface area is 134 Å². The lowest BCUT2D eigenvalue weighted by molar-refractivity contribution is -0.384. The molecule has 24 heavy (non-hydrogen) atoms. The average molecular weight is 329 g/mol. The maximum atomic E-state index is 10.8. The van der Waals surface area contributed by atoms with Crippen molar-refractivity contribution in [1.82, 2.24) is 20.6 Å². The molecule has 0 saturated heterocycles. The van der Waals surface area contributed by atoms with Crippen molar-refractivity contribution >= 4 is 17.9 Å². The van der Waals surface area contributed by atoms with Crippen molar-refractivity contribution in [3.63, 3.8) is 0 Å². The Morgan fingerprint density at radius 3 is 3.00 bits per heavy atom. The molecular weight excluding hydrogens is 318 g/mol. The van der Waals surface area contributed by atoms with Gasteiger partial charge in [0.1, 0.15) is 17.3 Å². The van der Waals surface area contributed by atoms with E-state index in [1.165, 1.54) is 25.5 Å². The minimum Gasteiger partial charge on any atom is -0.496 e. The van der Waals surface area contributed by atoms with Gasteiger partial charge in [0.25, 0.3) is 11.6 Å². The van der Waals surface area contributed by atoms with Crippen LogP contribution in [-0.2, 0) is 0 Å². The van der Waals surface area contributed by atoms with Crippen molar-refractivity contribution in [3.05, 3.63) is 46.2 Å². The van der Waals surface area contributed by atoms with E-state index in [4.69, 9.17) is 9.15 Å². The van der Waals surface area contributed by atoms with Crippen molar-refractivity contribution < 1.29 is 14.1 Å². The number of tetrazole rings is 1. The molecule has 0 aliphatic heterocycles. The van der Waals surface area contributed by atoms with Crippen LogP contribution in [0, 0.1) is 10.1 Å². The summed E-state index contributed by atoms with van der Waals surface area (Å²) in [7, 11) is 1.43. The van der Waals surface area contributed by atoms with E-state index in [2.05, 4.69) is 31.2 Å². The zero-order chi connectivity index (χ0) is 16.9. The highest BCUT2D eigenvalue weighted by atomic mass is 16.6. The summed E-state index contributed by atoms with van der Waals surface area (Å²) in [5.41, 5.74) is 3.09. The summed E-state index contributed by atoms with van der Waals surface area (Å²) in [4.78, 5) is 10.3. The predicted octanol–water partition coefficient (Wildman–Crippen LogP) is 1.82. The molecule has 0 amide bonds. The molecule has 122 valence electrons. The fraction of sp³-hybridized carbons (Fsp3) is 0.0769. The van der Waals surface area contributed by atoms with E-state index in [0.29, 0.717) is 22.8 Å². The van der Waals surface area contributed by atoms with Crippen LogP contribution in [0.4, 0.5) is 11.6 Å². The molecule has 2 N–H and O–H groups in total. The van der Waals surface area contributed by atoms with Gasteiger partial charge >= 0.3 is 0 Å². The molecule has 0 radical (unpaired) electrons. The summed E-state index contributed by atoms with van der Waals surface area (Å²) >= 11 is 0. The Hall–Kier alpha value is -3.76. The first-order valence-electron chi connectivity index (χ1n) is 6.62. The Balaban J connectivity index is 1.80. The van der Waals surface area contributed by atoms with Gasteiger partial charge in [-0.15, -0.1) is 5.10 Å². The summed E-state index contributed by atoms with van der Waals surface area (Å²) in [6.45, 7) is 0. The number of rotatable bonds is 6. The number of ether oxygens (including phenoxy) is 1. The van der Waals surface area contributed by atoms with E-state index < -0.39 is 4.92 Å². The fourth-order valence-corrected chi connectivity index (χ4v) is 1.93. The molecule has 0 spiro atoms. The number of anilines is 1. The maximum Gasteiger partial charge on any atom is 0.283 e. The molecule has 0 saturated carbocycles. The summed E-state index contributed by atoms with van der Waals surface area (Å²) < 4.78 is 10.8. The number of nitro benzene ring substituents is 1. The van der Waals surface area contributed by atoms with Crippen LogP contribution in [-0.4, -0.2) is 38.9 Å². The van der Waals surface area contributed by atoms with E-state index in [1.54, 1.807) is 18.2 Å². The third-order valence-corrected chi connectivity index (χ3v) is 2.99. The van der Waals surface area contributed by atoms with Crippen LogP contribution in [0.5, 0.6) is 5.75 Å². The molecular formula is C13H11N7O4. The largest absolute Gasteiger partial charge is 0.496 e. The van der Waals surface area contributed by atoms with Gasteiger partial charge in [-0.25, -0.2) is 5.43 Å². The molecule has 1 aromatic carbocycles. The monoisotopic (exact) mass is 329 g/mol. The molecule has 0 bridgehead atoms. The van der Waals surface area contributed by atoms with E-state index in [9.17, 15) is 10.1 Å². The number of nitrogens with zero attached hydrogens (tertiary/aromatic N) is 5. The molecule has 2 heterocycles. The third kappa shape index (κ3) is 3.19. The van der Waals surface area contributed by atoms with Crippen LogP contribution < -0.4 is 10.2 Å². The zero-order valence-corrected chi connectivity index (χ0v) is 12.3. The first-order valence-corrected chi connectivity index (χ1v) is 6.62. The van der Waals surface area contributed by atoms with Gasteiger partial charge in [0.15, 0.2) is 0 Å². The number of methoxy groups -OCH3 is 1. The first-order chi connectivity index (χ1) is 11.7. The van der Waals surface area contributed by atoms with Crippen LogP contribution in [0.25, 0.3) is 11.3 Å². The van der Waals surface area contributed by atoms with Crippen molar-refractivity contribution in [2.45, 2.75) is 0 Å². The highest BCUT2D eigenvalue weighted by Crippen LogP contribution is 2.33. The van der Waals surface area contributed by atoms with Crippen molar-refractivity contribution in [2.75, 3.05) is 12.5 Å². The SMILES string of the molecule is COc1cc([N+](=O)[O-])ccc1-c1ccc(/C=N/Nc2nn[nH]n2)o1. The molecule has 11 heteroatoms. The minimum atomic E-state index is -0.490. The number of aromatic amines is 1. The van der Waals surface area contributed by atoms with Crippen molar-refractivity contribution in [1.29, 1.82) is 0 Å². The van der Waals surface area contributed by atoms with Gasteiger partial charge in [0, 0.05) is 6.07 Å². The second-order valence-corrected chi connectivity index (χ2v) is 4.45. The number of hydrazone groups is 1. The molecule has 0 atom stereocenters. The number of benzene rings is 1. The summed E-state index contributed by atoms with van der Waals surface area (Å²) in [5, 5.41) is 27.7. The highest BCUT2D eigenvalue weighted by Gasteiger charge is 2.15. The number of nitrogens with one attached hydrogen (secondary N) is 2. The molecule has 3 rings (SSSR count). The van der Waals surface area contributed by atoms with Crippen molar-refractivity contribution in [2.24, 2.45) is 5.10 Å². The average Bonchev–Trinajstić information content (AvgIpc) is 3.26. The molecule has 11 nitrogen and oxygen atoms in total. The standard InChI is InChI=1S/C13H11N7O4/c1-23-12-6-8(20(21)22)2-4-10(12)11-5-3-9(24-11)7-14-15-13-16-18-19-17-13/h2-7H,1H3,(H2,15,16,17,18,19)/b14-7+. The maximum absolute atomic E-state index is 10.8. The molecule has 0 aliphatic carbocycles. The molecule has 0 aliphatic rings. The van der Waals surface area contributed by atoms with Gasteiger partial charge in [-0.3, -0.25) is 10.1 Å². The quantitative estimate of drug-likeness (QED) is 0.396. The molecule has 2 aromatic heterocycles. The third-order valence-electron chi connectivity index (χ3n) is 2.99. The summed E-state index contributed by atoms with van der Waals surface area (Å²) in [5.74, 6) is 1.51. The Bertz CT molecular complexity index is 872. The number of non-ortho nitro benzene ring substituents is 1. The van der Waals surface area contributed by atoms with Crippen LogP contribution >= 0.6 is 0 Å². The second kappa shape index (κ2) is 6.56. The van der Waals surface area contributed by atoms with Crippen LogP contribution in [0.1, 0.15) is 5.76 Å². The number of H-pyrrole nitrogens is 1. The summed E-state index contributed by atoms with van der Waals surface area (Å²) in [6.07, 6.45) is 1.43. The van der Waals surface area contributed by atoms with E-state index in [1.807, 2.05) is 0 Å². The first kappa shape index (κ1) is 15.1. The molecule has 0 unspecified atom stereocenters. The van der Waals surface area contributed by atoms with E-state index in [0.717, 1.165) is 0 Å². The number of furan rings is 1. The number of nitro groups is 1. The van der Waals surface area contributed by atoms with Gasteiger partial charge in [-0.05, 0) is 23.4 Å². The van der Waals surface area contributed by atoms with Gasteiger partial charge < -0.3 is 9.15 Å². The smallest absolute Gasteiger partial charge is 0.283 e. The number of aromatic nitrogens is 4. The van der Waals surface area contributed by atoms with Gasteiger partial charge in [0.2, 0.25) is 0 Å². The lowest BCUT2D eigenvalue weighted by Gasteiger charge is -2.05. The number of hydrogen-bond acceptors (Lipinski definition) is 9. The summed E-state index contributed by atoms with van der Waals surface area (Å²) in [6, 6.07) is 7.68. The van der Waals surface area contributed by atoms with Crippen LogP contribution in [0.3, 0.4) is 0 Å². The van der Waals surface area contributed by atoms with Crippen LogP contribution in [0.15, 0.2) is 39.9 Å². The topological polar surface area (TPSA) is 144 Å². The van der Waals surface area contributed by atoms with E-state index >= 15 is 0 Å².